The van der Waals surface area contributed by atoms with Gasteiger partial charge in [-0.15, -0.1) is 0 Å². The zero-order chi connectivity index (χ0) is 19.6. The van der Waals surface area contributed by atoms with Gasteiger partial charge in [0, 0.05) is 30.3 Å². The molecule has 2 unspecified atom stereocenters. The number of carbonyl (C=O) groups is 2. The molecular formula is C19H24F3N3O2. The average Bonchev–Trinajstić information content (AvgIpc) is 3.07. The van der Waals surface area contributed by atoms with E-state index in [0.29, 0.717) is 25.9 Å². The molecule has 1 aliphatic heterocycles. The smallest absolute Gasteiger partial charge is 0.349 e. The Balaban J connectivity index is 1.88. The second-order valence-corrected chi connectivity index (χ2v) is 7.28. The Morgan fingerprint density at radius 3 is 2.56 bits per heavy atom. The lowest BCUT2D eigenvalue weighted by molar-refractivity contribution is -0.137. The first-order valence-corrected chi connectivity index (χ1v) is 9.33. The predicted molar refractivity (Wildman–Crippen MR) is 95.3 cm³/mol. The number of anilines is 1. The molecule has 2 atom stereocenters. The standard InChI is InChI=1S/C19H24F3N3O2/c20-19(21,22)14-8-13(9-15(10-14)25-7-3-6-17(25)26)18(27)24-16-5-2-1-4-12(16)11-23/h8-10,12,16H,1-7,11,23H2,(H,24,27). The summed E-state index contributed by atoms with van der Waals surface area (Å²) in [6.07, 6.45) is -0.0362. The topological polar surface area (TPSA) is 75.4 Å². The molecule has 3 N–H and O–H groups in total. The van der Waals surface area contributed by atoms with Gasteiger partial charge in [0.05, 0.1) is 5.56 Å². The van der Waals surface area contributed by atoms with Crippen LogP contribution >= 0.6 is 0 Å². The zero-order valence-corrected chi connectivity index (χ0v) is 15.0. The van der Waals surface area contributed by atoms with Crippen molar-refractivity contribution in [2.75, 3.05) is 18.0 Å². The van der Waals surface area contributed by atoms with Crippen molar-refractivity contribution in [2.45, 2.75) is 50.7 Å². The van der Waals surface area contributed by atoms with E-state index in [1.165, 1.54) is 11.0 Å². The second-order valence-electron chi connectivity index (χ2n) is 7.28. The Morgan fingerprint density at radius 1 is 1.19 bits per heavy atom. The highest BCUT2D eigenvalue weighted by atomic mass is 19.4. The minimum absolute atomic E-state index is 0.0825. The van der Waals surface area contributed by atoms with Crippen LogP contribution in [-0.2, 0) is 11.0 Å². The van der Waals surface area contributed by atoms with E-state index in [0.717, 1.165) is 37.8 Å². The molecule has 8 heteroatoms. The van der Waals surface area contributed by atoms with E-state index in [9.17, 15) is 22.8 Å². The first-order valence-electron chi connectivity index (χ1n) is 9.33. The molecule has 1 aliphatic carbocycles. The SMILES string of the molecule is NCC1CCCCC1NC(=O)c1cc(N2CCCC2=O)cc(C(F)(F)F)c1. The van der Waals surface area contributed by atoms with Gasteiger partial charge in [0.15, 0.2) is 0 Å². The lowest BCUT2D eigenvalue weighted by Crippen LogP contribution is -2.44. The van der Waals surface area contributed by atoms with E-state index < -0.39 is 17.6 Å². The van der Waals surface area contributed by atoms with Crippen molar-refractivity contribution in [1.82, 2.24) is 5.32 Å². The van der Waals surface area contributed by atoms with E-state index in [1.807, 2.05) is 0 Å². The van der Waals surface area contributed by atoms with Gasteiger partial charge in [-0.05, 0) is 49.9 Å². The molecule has 0 radical (unpaired) electrons. The van der Waals surface area contributed by atoms with Crippen LogP contribution in [-0.4, -0.2) is 30.9 Å². The molecule has 1 heterocycles. The molecule has 1 aromatic carbocycles. The largest absolute Gasteiger partial charge is 0.416 e. The number of carbonyl (C=O) groups excluding carboxylic acids is 2. The van der Waals surface area contributed by atoms with E-state index >= 15 is 0 Å². The van der Waals surface area contributed by atoms with Gasteiger partial charge in [-0.2, -0.15) is 13.2 Å². The molecular weight excluding hydrogens is 359 g/mol. The number of nitrogens with two attached hydrogens (primary N) is 1. The highest BCUT2D eigenvalue weighted by Gasteiger charge is 2.34. The number of nitrogens with zero attached hydrogens (tertiary/aromatic N) is 1. The van der Waals surface area contributed by atoms with Gasteiger partial charge in [0.25, 0.3) is 5.91 Å². The first kappa shape index (κ1) is 19.7. The average molecular weight is 383 g/mol. The van der Waals surface area contributed by atoms with Crippen molar-refractivity contribution in [3.8, 4) is 0 Å². The Kier molecular flexibility index (Phi) is 5.74. The van der Waals surface area contributed by atoms with Gasteiger partial charge in [-0.25, -0.2) is 0 Å². The van der Waals surface area contributed by atoms with Gasteiger partial charge in [-0.1, -0.05) is 12.8 Å². The van der Waals surface area contributed by atoms with E-state index in [2.05, 4.69) is 5.32 Å². The minimum Gasteiger partial charge on any atom is -0.349 e. The number of hydrogen-bond acceptors (Lipinski definition) is 3. The lowest BCUT2D eigenvalue weighted by atomic mass is 9.84. The summed E-state index contributed by atoms with van der Waals surface area (Å²) in [6, 6.07) is 3.01. The van der Waals surface area contributed by atoms with Crippen molar-refractivity contribution in [2.24, 2.45) is 11.7 Å². The third kappa shape index (κ3) is 4.43. The van der Waals surface area contributed by atoms with E-state index in [-0.39, 0.29) is 29.1 Å². The normalized spacial score (nSPS) is 23.6. The molecule has 27 heavy (non-hydrogen) atoms. The fraction of sp³-hybridized carbons (Fsp3) is 0.579. The molecule has 2 fully saturated rings. The van der Waals surface area contributed by atoms with E-state index in [1.54, 1.807) is 0 Å². The Hall–Kier alpha value is -2.09. The van der Waals surface area contributed by atoms with Crippen molar-refractivity contribution in [3.05, 3.63) is 29.3 Å². The third-order valence-corrected chi connectivity index (χ3v) is 5.42. The van der Waals surface area contributed by atoms with Crippen LogP contribution < -0.4 is 16.0 Å². The zero-order valence-electron chi connectivity index (χ0n) is 15.0. The van der Waals surface area contributed by atoms with Crippen LogP contribution in [0.25, 0.3) is 0 Å². The maximum Gasteiger partial charge on any atom is 0.416 e. The fourth-order valence-electron chi connectivity index (χ4n) is 3.91. The minimum atomic E-state index is -4.60. The summed E-state index contributed by atoms with van der Waals surface area (Å²) in [5.41, 5.74) is 4.88. The molecule has 2 aliphatic rings. The van der Waals surface area contributed by atoms with Gasteiger partial charge < -0.3 is 16.0 Å². The third-order valence-electron chi connectivity index (χ3n) is 5.42. The van der Waals surface area contributed by atoms with Crippen LogP contribution in [0.5, 0.6) is 0 Å². The van der Waals surface area contributed by atoms with Gasteiger partial charge in [0.1, 0.15) is 0 Å². The fourth-order valence-corrected chi connectivity index (χ4v) is 3.91. The Morgan fingerprint density at radius 2 is 1.93 bits per heavy atom. The molecule has 1 saturated carbocycles. The Bertz CT molecular complexity index is 721. The van der Waals surface area contributed by atoms with Crippen LogP contribution in [0, 0.1) is 5.92 Å². The Labute approximate surface area is 156 Å². The second kappa shape index (κ2) is 7.88. The summed E-state index contributed by atoms with van der Waals surface area (Å²) >= 11 is 0. The highest BCUT2D eigenvalue weighted by Crippen LogP contribution is 2.34. The molecule has 5 nitrogen and oxygen atoms in total. The monoisotopic (exact) mass is 383 g/mol. The van der Waals surface area contributed by atoms with Gasteiger partial charge in [-0.3, -0.25) is 9.59 Å². The quantitative estimate of drug-likeness (QED) is 0.839. The van der Waals surface area contributed by atoms with Crippen LogP contribution in [0.1, 0.15) is 54.4 Å². The summed E-state index contributed by atoms with van der Waals surface area (Å²) in [5.74, 6) is -0.649. The molecule has 1 saturated heterocycles. The van der Waals surface area contributed by atoms with Crippen LogP contribution in [0.15, 0.2) is 18.2 Å². The highest BCUT2D eigenvalue weighted by molar-refractivity contribution is 5.99. The number of nitrogens with one attached hydrogen (secondary N) is 1. The number of halogens is 3. The lowest BCUT2D eigenvalue weighted by Gasteiger charge is -2.31. The first-order chi connectivity index (χ1) is 12.8. The molecule has 0 spiro atoms. The van der Waals surface area contributed by atoms with Gasteiger partial charge in [0.2, 0.25) is 5.91 Å². The molecule has 2 amide bonds. The molecule has 3 rings (SSSR count). The van der Waals surface area contributed by atoms with Crippen molar-refractivity contribution < 1.29 is 22.8 Å². The summed E-state index contributed by atoms with van der Waals surface area (Å²) in [5, 5.41) is 2.85. The van der Waals surface area contributed by atoms with Crippen LogP contribution in [0.2, 0.25) is 0 Å². The summed E-state index contributed by atoms with van der Waals surface area (Å²) < 4.78 is 40.0. The molecule has 148 valence electrons. The maximum atomic E-state index is 13.3. The van der Waals surface area contributed by atoms with Crippen LogP contribution in [0.4, 0.5) is 18.9 Å². The molecule has 1 aromatic rings. The van der Waals surface area contributed by atoms with Crippen molar-refractivity contribution >= 4 is 17.5 Å². The summed E-state index contributed by atoms with van der Waals surface area (Å²) in [6.45, 7) is 0.792. The summed E-state index contributed by atoms with van der Waals surface area (Å²) in [7, 11) is 0. The number of hydrogen-bond donors (Lipinski definition) is 2. The van der Waals surface area contributed by atoms with Gasteiger partial charge >= 0.3 is 6.18 Å². The number of benzene rings is 1. The van der Waals surface area contributed by atoms with Crippen molar-refractivity contribution in [1.29, 1.82) is 0 Å². The molecule has 0 bridgehead atoms. The summed E-state index contributed by atoms with van der Waals surface area (Å²) in [4.78, 5) is 25.9. The predicted octanol–water partition coefficient (Wildman–Crippen LogP) is 3.08. The van der Waals surface area contributed by atoms with Crippen molar-refractivity contribution in [3.63, 3.8) is 0 Å². The van der Waals surface area contributed by atoms with E-state index in [4.69, 9.17) is 5.73 Å². The van der Waals surface area contributed by atoms with Crippen LogP contribution in [0.3, 0.4) is 0 Å². The number of rotatable bonds is 4. The maximum absolute atomic E-state index is 13.3. The molecule has 0 aromatic heterocycles. The number of alkyl halides is 3. The number of amides is 2.